The fourth-order valence-corrected chi connectivity index (χ4v) is 6.79. The number of fused-ring (bicyclic) bond motifs is 5. The highest BCUT2D eigenvalue weighted by atomic mass is 16.3. The Morgan fingerprint density at radius 3 is 1.86 bits per heavy atom. The molecular formula is C44H26N6O. The predicted octanol–water partition coefficient (Wildman–Crippen LogP) is 10.6. The largest absolute Gasteiger partial charge is 0.454 e. The predicted molar refractivity (Wildman–Crippen MR) is 203 cm³/mol. The first-order chi connectivity index (χ1) is 25.3. The standard InChI is InChI=1S/C44H26N6O/c1-3-12-27(13-4-1)42-48-43(28-14-5-2-6-15-28)50-44(49-42)34-25-30(24-29-16-7-8-17-31(29)34)35-26-46-41(40-32(35)19-11-23-45-40)36-21-22-38-39(47-36)33-18-9-10-20-37(33)51-38/h1-26H. The van der Waals surface area contributed by atoms with Gasteiger partial charge in [-0.05, 0) is 58.8 Å². The summed E-state index contributed by atoms with van der Waals surface area (Å²) in [4.78, 5) is 30.0. The van der Waals surface area contributed by atoms with Gasteiger partial charge in [0, 0.05) is 45.4 Å². The first-order valence-electron chi connectivity index (χ1n) is 16.7. The van der Waals surface area contributed by atoms with E-state index >= 15 is 0 Å². The van der Waals surface area contributed by atoms with Crippen molar-refractivity contribution >= 4 is 43.7 Å². The summed E-state index contributed by atoms with van der Waals surface area (Å²) in [6.45, 7) is 0. The van der Waals surface area contributed by atoms with Gasteiger partial charge >= 0.3 is 0 Å². The van der Waals surface area contributed by atoms with Gasteiger partial charge < -0.3 is 4.42 Å². The van der Waals surface area contributed by atoms with E-state index in [2.05, 4.69) is 36.4 Å². The number of nitrogens with zero attached hydrogens (tertiary/aromatic N) is 6. The van der Waals surface area contributed by atoms with Gasteiger partial charge in [-0.1, -0.05) is 103 Å². The Bertz CT molecular complexity index is 2870. The molecule has 0 spiro atoms. The summed E-state index contributed by atoms with van der Waals surface area (Å²) in [5.74, 6) is 1.83. The number of rotatable bonds is 5. The second-order valence-corrected chi connectivity index (χ2v) is 12.3. The average Bonchev–Trinajstić information content (AvgIpc) is 3.58. The van der Waals surface area contributed by atoms with Crippen LogP contribution in [0, 0.1) is 0 Å². The fraction of sp³-hybridized carbons (Fsp3) is 0. The summed E-state index contributed by atoms with van der Waals surface area (Å²) < 4.78 is 6.04. The molecule has 0 aliphatic heterocycles. The molecule has 0 saturated carbocycles. The molecule has 0 fully saturated rings. The molecule has 7 heteroatoms. The molecule has 0 unspecified atom stereocenters. The molecule has 0 bridgehead atoms. The van der Waals surface area contributed by atoms with E-state index in [0.29, 0.717) is 23.2 Å². The molecule has 5 aromatic heterocycles. The van der Waals surface area contributed by atoms with E-state index in [0.717, 1.165) is 77.3 Å². The number of hydrogen-bond acceptors (Lipinski definition) is 7. The van der Waals surface area contributed by atoms with Gasteiger partial charge in [-0.25, -0.2) is 19.9 Å². The van der Waals surface area contributed by atoms with Crippen LogP contribution < -0.4 is 0 Å². The lowest BCUT2D eigenvalue weighted by Crippen LogP contribution is -2.01. The Morgan fingerprint density at radius 2 is 1.08 bits per heavy atom. The molecule has 5 aromatic carbocycles. The maximum atomic E-state index is 6.04. The van der Waals surface area contributed by atoms with Gasteiger partial charge in [0.15, 0.2) is 23.1 Å². The molecule has 0 amide bonds. The van der Waals surface area contributed by atoms with E-state index < -0.39 is 0 Å². The number of para-hydroxylation sites is 1. The van der Waals surface area contributed by atoms with Crippen molar-refractivity contribution in [1.82, 2.24) is 29.9 Å². The summed E-state index contributed by atoms with van der Waals surface area (Å²) in [7, 11) is 0. The SMILES string of the molecule is c1ccc(-c2nc(-c3ccccc3)nc(-c3cc(-c4cnc(-c5ccc6oc7ccccc7c6n5)c5ncccc45)cc4ccccc34)n2)cc1. The van der Waals surface area contributed by atoms with Crippen LogP contribution in [0.2, 0.25) is 0 Å². The van der Waals surface area contributed by atoms with Crippen molar-refractivity contribution in [3.05, 3.63) is 158 Å². The van der Waals surface area contributed by atoms with Crippen LogP contribution in [0.5, 0.6) is 0 Å². The minimum absolute atomic E-state index is 0.595. The normalized spacial score (nSPS) is 11.5. The van der Waals surface area contributed by atoms with Gasteiger partial charge in [0.2, 0.25) is 0 Å². The Labute approximate surface area is 292 Å². The molecule has 238 valence electrons. The van der Waals surface area contributed by atoms with Crippen LogP contribution in [0.4, 0.5) is 0 Å². The topological polar surface area (TPSA) is 90.5 Å². The van der Waals surface area contributed by atoms with Crippen LogP contribution in [0.25, 0.3) is 100 Å². The zero-order valence-corrected chi connectivity index (χ0v) is 27.1. The smallest absolute Gasteiger partial charge is 0.164 e. The maximum absolute atomic E-state index is 6.04. The molecule has 0 saturated heterocycles. The van der Waals surface area contributed by atoms with E-state index in [1.165, 1.54) is 0 Å². The van der Waals surface area contributed by atoms with E-state index in [9.17, 15) is 0 Å². The zero-order valence-electron chi connectivity index (χ0n) is 27.1. The van der Waals surface area contributed by atoms with Crippen molar-refractivity contribution in [3.63, 3.8) is 0 Å². The molecule has 10 aromatic rings. The first-order valence-corrected chi connectivity index (χ1v) is 16.7. The number of furan rings is 1. The first kappa shape index (κ1) is 28.9. The highest BCUT2D eigenvalue weighted by molar-refractivity contribution is 6.06. The number of pyridine rings is 3. The quantitative estimate of drug-likeness (QED) is 0.182. The van der Waals surface area contributed by atoms with Gasteiger partial charge in [0.1, 0.15) is 16.8 Å². The molecule has 0 aliphatic carbocycles. The Morgan fingerprint density at radius 1 is 0.412 bits per heavy atom. The highest BCUT2D eigenvalue weighted by Crippen LogP contribution is 2.38. The van der Waals surface area contributed by atoms with E-state index in [-0.39, 0.29) is 0 Å². The number of aromatic nitrogens is 6. The molecule has 0 aliphatic rings. The van der Waals surface area contributed by atoms with E-state index in [1.54, 1.807) is 6.20 Å². The third-order valence-electron chi connectivity index (χ3n) is 9.22. The van der Waals surface area contributed by atoms with Crippen molar-refractivity contribution in [3.8, 4) is 56.7 Å². The molecule has 10 rings (SSSR count). The van der Waals surface area contributed by atoms with Crippen LogP contribution in [0.15, 0.2) is 162 Å². The van der Waals surface area contributed by atoms with Gasteiger partial charge in [0.25, 0.3) is 0 Å². The lowest BCUT2D eigenvalue weighted by molar-refractivity contribution is 0.668. The van der Waals surface area contributed by atoms with E-state index in [4.69, 9.17) is 34.3 Å². The Balaban J connectivity index is 1.17. The summed E-state index contributed by atoms with van der Waals surface area (Å²) in [5.41, 5.74) is 9.23. The van der Waals surface area contributed by atoms with Crippen molar-refractivity contribution in [2.75, 3.05) is 0 Å². The Kier molecular flexibility index (Phi) is 6.67. The fourth-order valence-electron chi connectivity index (χ4n) is 6.79. The summed E-state index contributed by atoms with van der Waals surface area (Å²) in [6.07, 6.45) is 3.72. The van der Waals surface area contributed by atoms with Crippen LogP contribution in [0.3, 0.4) is 0 Å². The molecule has 0 radical (unpaired) electrons. The minimum atomic E-state index is 0.595. The second-order valence-electron chi connectivity index (χ2n) is 12.3. The van der Waals surface area contributed by atoms with Crippen molar-refractivity contribution in [1.29, 1.82) is 0 Å². The zero-order chi connectivity index (χ0) is 33.7. The van der Waals surface area contributed by atoms with Crippen molar-refractivity contribution in [2.24, 2.45) is 0 Å². The molecule has 7 nitrogen and oxygen atoms in total. The molecule has 5 heterocycles. The number of hydrogen-bond donors (Lipinski definition) is 0. The monoisotopic (exact) mass is 654 g/mol. The molecule has 0 atom stereocenters. The maximum Gasteiger partial charge on any atom is 0.164 e. The van der Waals surface area contributed by atoms with Crippen LogP contribution in [0.1, 0.15) is 0 Å². The third-order valence-corrected chi connectivity index (χ3v) is 9.22. The molecule has 51 heavy (non-hydrogen) atoms. The number of benzene rings is 5. The summed E-state index contributed by atoms with van der Waals surface area (Å²) in [5, 5.41) is 4.04. The highest BCUT2D eigenvalue weighted by Gasteiger charge is 2.19. The van der Waals surface area contributed by atoms with Gasteiger partial charge in [-0.15, -0.1) is 0 Å². The second kappa shape index (κ2) is 11.8. The van der Waals surface area contributed by atoms with E-state index in [1.807, 2.05) is 115 Å². The summed E-state index contributed by atoms with van der Waals surface area (Å²) >= 11 is 0. The molecule has 0 N–H and O–H groups in total. The minimum Gasteiger partial charge on any atom is -0.454 e. The summed E-state index contributed by atoms with van der Waals surface area (Å²) in [6, 6.07) is 48.7. The lowest BCUT2D eigenvalue weighted by Gasteiger charge is -2.14. The van der Waals surface area contributed by atoms with Crippen LogP contribution in [-0.2, 0) is 0 Å². The van der Waals surface area contributed by atoms with Gasteiger partial charge in [-0.3, -0.25) is 9.97 Å². The Hall–Kier alpha value is -7.12. The lowest BCUT2D eigenvalue weighted by atomic mass is 9.94. The van der Waals surface area contributed by atoms with Crippen molar-refractivity contribution in [2.45, 2.75) is 0 Å². The van der Waals surface area contributed by atoms with Crippen molar-refractivity contribution < 1.29 is 4.42 Å². The van der Waals surface area contributed by atoms with Gasteiger partial charge in [0.05, 0.1) is 11.2 Å². The third kappa shape index (κ3) is 4.99. The molecular weight excluding hydrogens is 629 g/mol. The van der Waals surface area contributed by atoms with Crippen LogP contribution >= 0.6 is 0 Å². The average molecular weight is 655 g/mol. The van der Waals surface area contributed by atoms with Gasteiger partial charge in [-0.2, -0.15) is 0 Å². The van der Waals surface area contributed by atoms with Crippen LogP contribution in [-0.4, -0.2) is 29.9 Å².